The molecule has 0 atom stereocenters. The van der Waals surface area contributed by atoms with Gasteiger partial charge in [-0.15, -0.1) is 0 Å². The molecule has 1 spiro atoms. The molecule has 36 heavy (non-hydrogen) atoms. The molecular weight excluding hydrogens is 482 g/mol. The van der Waals surface area contributed by atoms with Crippen LogP contribution in [0.5, 0.6) is 0 Å². The van der Waals surface area contributed by atoms with Crippen molar-refractivity contribution in [2.75, 3.05) is 30.3 Å². The maximum atomic E-state index is 13.2. The number of carbonyl (C=O) groups excluding carboxylic acids is 2. The molecule has 2 aliphatic heterocycles. The first-order chi connectivity index (χ1) is 17.2. The van der Waals surface area contributed by atoms with E-state index in [0.717, 1.165) is 16.7 Å². The van der Waals surface area contributed by atoms with Gasteiger partial charge in [0.05, 0.1) is 0 Å². The van der Waals surface area contributed by atoms with Crippen LogP contribution >= 0.6 is 0 Å². The van der Waals surface area contributed by atoms with E-state index in [1.54, 1.807) is 23.1 Å². The monoisotopic (exact) mass is 509 g/mol. The molecule has 2 aromatic carbocycles. The molecule has 0 saturated carbocycles. The lowest BCUT2D eigenvalue weighted by atomic mass is 9.74. The molecule has 3 heterocycles. The number of benzene rings is 2. The molecule has 5 rings (SSSR count). The van der Waals surface area contributed by atoms with Crippen LogP contribution in [0.3, 0.4) is 0 Å². The van der Waals surface area contributed by atoms with Crippen LogP contribution < -0.4 is 10.6 Å². The zero-order chi connectivity index (χ0) is 25.5. The van der Waals surface area contributed by atoms with Crippen LogP contribution in [0.1, 0.15) is 34.5 Å². The molecule has 10 heteroatoms. The molecule has 2 amide bonds. The zero-order valence-corrected chi connectivity index (χ0v) is 20.4. The fourth-order valence-corrected chi connectivity index (χ4v) is 5.70. The Morgan fingerprint density at radius 1 is 1.03 bits per heavy atom. The molecule has 2 aliphatic rings. The maximum absolute atomic E-state index is 13.2. The van der Waals surface area contributed by atoms with Crippen molar-refractivity contribution in [3.05, 3.63) is 77.6 Å². The second kappa shape index (κ2) is 9.20. The van der Waals surface area contributed by atoms with Gasteiger partial charge < -0.3 is 20.0 Å². The van der Waals surface area contributed by atoms with Crippen LogP contribution in [-0.2, 0) is 26.9 Å². The Labute approximate surface area is 209 Å². The number of rotatable bonds is 5. The Balaban J connectivity index is 1.36. The highest BCUT2D eigenvalue weighted by Crippen LogP contribution is 2.47. The summed E-state index contributed by atoms with van der Waals surface area (Å²) < 4.78 is 37.8. The number of nitrogens with zero attached hydrogens (tertiary/aromatic N) is 2. The van der Waals surface area contributed by atoms with Crippen LogP contribution in [-0.4, -0.2) is 55.1 Å². The normalized spacial score (nSPS) is 16.8. The number of furan rings is 1. The highest BCUT2D eigenvalue weighted by Gasteiger charge is 2.47. The summed E-state index contributed by atoms with van der Waals surface area (Å²) in [4.78, 5) is 29.1. The van der Waals surface area contributed by atoms with Crippen LogP contribution in [0, 0.1) is 0 Å². The third kappa shape index (κ3) is 4.55. The van der Waals surface area contributed by atoms with Gasteiger partial charge in [-0.25, -0.2) is 0 Å². The third-order valence-corrected chi connectivity index (χ3v) is 7.72. The number of likely N-dealkylation sites (tertiary alicyclic amines) is 1. The largest absolute Gasteiger partial charge is 0.451 e. The average Bonchev–Trinajstić information content (AvgIpc) is 3.48. The van der Waals surface area contributed by atoms with Gasteiger partial charge in [-0.05, 0) is 42.2 Å². The Morgan fingerprint density at radius 2 is 1.75 bits per heavy atom. The number of piperidine rings is 1. The summed E-state index contributed by atoms with van der Waals surface area (Å²) in [5, 5.41) is 0. The first kappa shape index (κ1) is 24.2. The summed E-state index contributed by atoms with van der Waals surface area (Å²) >= 11 is 0. The predicted octanol–water partition coefficient (Wildman–Crippen LogP) is 2.81. The molecule has 1 saturated heterocycles. The van der Waals surface area contributed by atoms with Crippen molar-refractivity contribution in [2.45, 2.75) is 24.8 Å². The first-order valence-electron chi connectivity index (χ1n) is 11.7. The SMILES string of the molecule is NCc1ccc2c(c1)C1(CCN(C(=O)c3ccc(-c4ccccc4)o3)CC1)CN2C(=O)CS(=O)(=O)O. The fraction of sp³-hybridized carbons (Fsp3) is 0.308. The topological polar surface area (TPSA) is 134 Å². The van der Waals surface area contributed by atoms with E-state index in [0.29, 0.717) is 43.9 Å². The van der Waals surface area contributed by atoms with E-state index in [9.17, 15) is 22.6 Å². The van der Waals surface area contributed by atoms with E-state index in [4.69, 9.17) is 10.2 Å². The molecule has 0 unspecified atom stereocenters. The minimum absolute atomic E-state index is 0.194. The molecule has 0 bridgehead atoms. The highest BCUT2D eigenvalue weighted by atomic mass is 32.2. The molecule has 9 nitrogen and oxygen atoms in total. The van der Waals surface area contributed by atoms with E-state index in [-0.39, 0.29) is 18.2 Å². The number of fused-ring (bicyclic) bond motifs is 2. The quantitative estimate of drug-likeness (QED) is 0.505. The minimum Gasteiger partial charge on any atom is -0.451 e. The molecule has 3 N–H and O–H groups in total. The highest BCUT2D eigenvalue weighted by molar-refractivity contribution is 7.86. The van der Waals surface area contributed by atoms with E-state index >= 15 is 0 Å². The van der Waals surface area contributed by atoms with Crippen molar-refractivity contribution in [3.63, 3.8) is 0 Å². The van der Waals surface area contributed by atoms with E-state index in [1.165, 1.54) is 4.90 Å². The number of anilines is 1. The minimum atomic E-state index is -4.46. The smallest absolute Gasteiger partial charge is 0.289 e. The van der Waals surface area contributed by atoms with E-state index in [2.05, 4.69) is 0 Å². The Hall–Kier alpha value is -3.47. The average molecular weight is 510 g/mol. The second-order valence-corrected chi connectivity index (χ2v) is 10.8. The summed E-state index contributed by atoms with van der Waals surface area (Å²) in [5.41, 5.74) is 8.75. The van der Waals surface area contributed by atoms with Gasteiger partial charge in [0.2, 0.25) is 5.91 Å². The molecule has 1 aromatic heterocycles. The van der Waals surface area contributed by atoms with Gasteiger partial charge >= 0.3 is 0 Å². The van der Waals surface area contributed by atoms with Gasteiger partial charge in [-0.3, -0.25) is 14.1 Å². The number of nitrogens with two attached hydrogens (primary N) is 1. The van der Waals surface area contributed by atoms with Crippen LogP contribution in [0.2, 0.25) is 0 Å². The van der Waals surface area contributed by atoms with Crippen molar-refractivity contribution in [2.24, 2.45) is 5.73 Å². The van der Waals surface area contributed by atoms with Crippen LogP contribution in [0.15, 0.2) is 65.1 Å². The summed E-state index contributed by atoms with van der Waals surface area (Å²) in [6, 6.07) is 18.6. The molecule has 188 valence electrons. The number of amides is 2. The van der Waals surface area contributed by atoms with Crippen molar-refractivity contribution in [1.82, 2.24) is 4.90 Å². The summed E-state index contributed by atoms with van der Waals surface area (Å²) in [5.74, 6) is -0.959. The lowest BCUT2D eigenvalue weighted by Gasteiger charge is -2.39. The number of hydrogen-bond donors (Lipinski definition) is 2. The van der Waals surface area contributed by atoms with Gasteiger partial charge in [0, 0.05) is 42.8 Å². The lowest BCUT2D eigenvalue weighted by Crippen LogP contribution is -2.48. The third-order valence-electron chi connectivity index (χ3n) is 7.11. The van der Waals surface area contributed by atoms with Gasteiger partial charge in [-0.1, -0.05) is 42.5 Å². The van der Waals surface area contributed by atoms with E-state index in [1.807, 2.05) is 42.5 Å². The standard InChI is InChI=1S/C26H27N3O6S/c27-15-18-6-7-21-20(14-18)26(17-29(21)24(30)16-36(32,33)34)10-12-28(13-11-26)25(31)23-9-8-22(35-23)19-4-2-1-3-5-19/h1-9,14H,10-13,15-17,27H2,(H,32,33,34). The van der Waals surface area contributed by atoms with Crippen molar-refractivity contribution < 1.29 is 27.0 Å². The number of carbonyl (C=O) groups is 2. The second-order valence-electron chi connectivity index (χ2n) is 9.36. The Kier molecular flexibility index (Phi) is 6.19. The zero-order valence-electron chi connectivity index (χ0n) is 19.6. The Bertz CT molecular complexity index is 1410. The molecule has 0 aliphatic carbocycles. The van der Waals surface area contributed by atoms with Crippen molar-refractivity contribution in [3.8, 4) is 11.3 Å². The fourth-order valence-electron chi connectivity index (χ4n) is 5.23. The predicted molar refractivity (Wildman–Crippen MR) is 134 cm³/mol. The van der Waals surface area contributed by atoms with Gasteiger partial charge in [0.15, 0.2) is 11.5 Å². The summed E-state index contributed by atoms with van der Waals surface area (Å²) in [7, 11) is -4.46. The van der Waals surface area contributed by atoms with Gasteiger partial charge in [0.25, 0.3) is 16.0 Å². The van der Waals surface area contributed by atoms with Crippen LogP contribution in [0.4, 0.5) is 5.69 Å². The van der Waals surface area contributed by atoms with Gasteiger partial charge in [0.1, 0.15) is 5.76 Å². The van der Waals surface area contributed by atoms with Crippen LogP contribution in [0.25, 0.3) is 11.3 Å². The maximum Gasteiger partial charge on any atom is 0.289 e. The molecule has 3 aromatic rings. The van der Waals surface area contributed by atoms with Gasteiger partial charge in [-0.2, -0.15) is 8.42 Å². The van der Waals surface area contributed by atoms with Crippen molar-refractivity contribution in [1.29, 1.82) is 0 Å². The molecule has 1 fully saturated rings. The Morgan fingerprint density at radius 3 is 2.42 bits per heavy atom. The molecule has 0 radical (unpaired) electrons. The van der Waals surface area contributed by atoms with Crippen molar-refractivity contribution >= 4 is 27.6 Å². The van der Waals surface area contributed by atoms with E-state index < -0.39 is 27.2 Å². The first-order valence-corrected chi connectivity index (χ1v) is 13.3. The summed E-state index contributed by atoms with van der Waals surface area (Å²) in [6.07, 6.45) is 1.17. The number of hydrogen-bond acceptors (Lipinski definition) is 6. The molecular formula is C26H27N3O6S. The summed E-state index contributed by atoms with van der Waals surface area (Å²) in [6.45, 7) is 1.51. The lowest BCUT2D eigenvalue weighted by molar-refractivity contribution is -0.116.